The third kappa shape index (κ3) is 4.50. The van der Waals surface area contributed by atoms with Gasteiger partial charge in [0, 0.05) is 33.7 Å². The Hall–Kier alpha value is -1.64. The molecule has 1 aromatic heterocycles. The summed E-state index contributed by atoms with van der Waals surface area (Å²) >= 11 is 10.4. The van der Waals surface area contributed by atoms with Gasteiger partial charge in [0.15, 0.2) is 0 Å². The molecular formula is C22H23BrN2O3S2. The maximum Gasteiger partial charge on any atom is 0.325 e. The number of amides is 1. The first-order chi connectivity index (χ1) is 14.5. The Kier molecular flexibility index (Phi) is 6.65. The van der Waals surface area contributed by atoms with Crippen LogP contribution in [0, 0.1) is 5.92 Å². The smallest absolute Gasteiger partial charge is 0.325 e. The molecule has 30 heavy (non-hydrogen) atoms. The van der Waals surface area contributed by atoms with E-state index in [1.165, 1.54) is 44.6 Å². The quantitative estimate of drug-likeness (QED) is 0.300. The van der Waals surface area contributed by atoms with Gasteiger partial charge in [0.25, 0.3) is 5.91 Å². The highest BCUT2D eigenvalue weighted by Crippen LogP contribution is 2.36. The molecule has 8 heteroatoms. The van der Waals surface area contributed by atoms with Gasteiger partial charge in [-0.15, -0.1) is 0 Å². The van der Waals surface area contributed by atoms with E-state index in [0.717, 1.165) is 27.4 Å². The lowest BCUT2D eigenvalue weighted by molar-refractivity contribution is -0.141. The Morgan fingerprint density at radius 2 is 2.13 bits per heavy atom. The molecule has 1 aliphatic heterocycles. The molecular weight excluding hydrogens is 484 g/mol. The van der Waals surface area contributed by atoms with Crippen molar-refractivity contribution in [2.75, 3.05) is 13.7 Å². The molecule has 2 fully saturated rings. The summed E-state index contributed by atoms with van der Waals surface area (Å²) in [5.41, 5.74) is 1.79. The molecule has 1 saturated carbocycles. The van der Waals surface area contributed by atoms with E-state index in [4.69, 9.17) is 17.0 Å². The van der Waals surface area contributed by atoms with Crippen molar-refractivity contribution in [2.24, 2.45) is 5.92 Å². The number of nitrogens with zero attached hydrogens (tertiary/aromatic N) is 2. The molecule has 0 atom stereocenters. The lowest BCUT2D eigenvalue weighted by Crippen LogP contribution is -2.30. The van der Waals surface area contributed by atoms with Gasteiger partial charge >= 0.3 is 5.97 Å². The highest BCUT2D eigenvalue weighted by Gasteiger charge is 2.32. The van der Waals surface area contributed by atoms with Crippen LogP contribution in [0.5, 0.6) is 0 Å². The first-order valence-electron chi connectivity index (χ1n) is 10.1. The molecule has 5 nitrogen and oxygen atoms in total. The zero-order valence-corrected chi connectivity index (χ0v) is 19.9. The van der Waals surface area contributed by atoms with Crippen LogP contribution in [0.4, 0.5) is 0 Å². The Labute approximate surface area is 193 Å². The van der Waals surface area contributed by atoms with Gasteiger partial charge in [-0.3, -0.25) is 14.5 Å². The van der Waals surface area contributed by atoms with Crippen LogP contribution in [0.2, 0.25) is 0 Å². The van der Waals surface area contributed by atoms with Gasteiger partial charge in [-0.25, -0.2) is 0 Å². The molecule has 2 aromatic rings. The summed E-state index contributed by atoms with van der Waals surface area (Å²) in [5, 5.41) is 0.963. The number of esters is 1. The minimum Gasteiger partial charge on any atom is -0.468 e. The van der Waals surface area contributed by atoms with Crippen molar-refractivity contribution in [1.82, 2.24) is 9.47 Å². The molecule has 158 valence electrons. The average Bonchev–Trinajstić information content (AvgIpc) is 3.41. The highest BCUT2D eigenvalue weighted by molar-refractivity contribution is 9.10. The summed E-state index contributed by atoms with van der Waals surface area (Å²) in [6.45, 7) is 0.813. The number of carbonyl (C=O) groups is 2. The largest absolute Gasteiger partial charge is 0.468 e. The molecule has 0 radical (unpaired) electrons. The van der Waals surface area contributed by atoms with Gasteiger partial charge in [-0.2, -0.15) is 0 Å². The second kappa shape index (κ2) is 9.24. The van der Waals surface area contributed by atoms with E-state index in [9.17, 15) is 9.59 Å². The molecule has 2 heterocycles. The number of hydrogen-bond acceptors (Lipinski definition) is 5. The van der Waals surface area contributed by atoms with Crippen molar-refractivity contribution in [3.63, 3.8) is 0 Å². The molecule has 1 amide bonds. The van der Waals surface area contributed by atoms with Crippen molar-refractivity contribution in [1.29, 1.82) is 0 Å². The standard InChI is InChI=1S/C22H23BrN2O3S2/c1-28-20(26)13-24-12-15(17-11-16(23)6-7-18(17)24)10-19-21(27)25(22(29)30-19)9-8-14-4-2-3-5-14/h6-7,10-12,14H,2-5,8-9,13H2,1H3/b19-10-. The number of methoxy groups -OCH3 is 1. The van der Waals surface area contributed by atoms with Crippen molar-refractivity contribution >= 4 is 73.1 Å². The first-order valence-corrected chi connectivity index (χ1v) is 12.1. The summed E-state index contributed by atoms with van der Waals surface area (Å²) in [6.07, 6.45) is 9.92. The van der Waals surface area contributed by atoms with Gasteiger partial charge in [0.2, 0.25) is 0 Å². The molecule has 0 bridgehead atoms. The van der Waals surface area contributed by atoms with Crippen molar-refractivity contribution in [3.8, 4) is 0 Å². The normalized spacial score (nSPS) is 18.9. The number of thiocarbonyl (C=S) groups is 1. The predicted octanol–water partition coefficient (Wildman–Crippen LogP) is 5.36. The molecule has 1 aliphatic carbocycles. The Morgan fingerprint density at radius 1 is 1.37 bits per heavy atom. The number of ether oxygens (including phenoxy) is 1. The summed E-state index contributed by atoms with van der Waals surface area (Å²) in [6, 6.07) is 5.88. The number of benzene rings is 1. The van der Waals surface area contributed by atoms with Gasteiger partial charge in [-0.1, -0.05) is 65.6 Å². The minimum absolute atomic E-state index is 0.0214. The lowest BCUT2D eigenvalue weighted by Gasteiger charge is -2.17. The van der Waals surface area contributed by atoms with Crippen LogP contribution in [0.3, 0.4) is 0 Å². The zero-order chi connectivity index (χ0) is 21.3. The van der Waals surface area contributed by atoms with Crippen LogP contribution in [0.25, 0.3) is 17.0 Å². The zero-order valence-electron chi connectivity index (χ0n) is 16.7. The van der Waals surface area contributed by atoms with E-state index in [2.05, 4.69) is 15.9 Å². The van der Waals surface area contributed by atoms with Crippen LogP contribution >= 0.6 is 39.9 Å². The van der Waals surface area contributed by atoms with Crippen molar-refractivity contribution in [2.45, 2.75) is 38.6 Å². The maximum atomic E-state index is 13.0. The number of fused-ring (bicyclic) bond motifs is 1. The van der Waals surface area contributed by atoms with Gasteiger partial charge in [0.1, 0.15) is 10.9 Å². The maximum absolute atomic E-state index is 13.0. The fourth-order valence-corrected chi connectivity index (χ4v) is 5.85. The monoisotopic (exact) mass is 506 g/mol. The third-order valence-electron chi connectivity index (χ3n) is 5.80. The second-order valence-corrected chi connectivity index (χ2v) is 10.3. The van der Waals surface area contributed by atoms with Crippen LogP contribution in [0.15, 0.2) is 33.8 Å². The third-order valence-corrected chi connectivity index (χ3v) is 7.67. The average molecular weight is 507 g/mol. The molecule has 0 unspecified atom stereocenters. The van der Waals surface area contributed by atoms with Gasteiger partial charge < -0.3 is 9.30 Å². The van der Waals surface area contributed by atoms with Crippen LogP contribution in [-0.2, 0) is 20.9 Å². The number of hydrogen-bond donors (Lipinski definition) is 0. The topological polar surface area (TPSA) is 51.5 Å². The van der Waals surface area contributed by atoms with Crippen LogP contribution in [0.1, 0.15) is 37.7 Å². The van der Waals surface area contributed by atoms with Gasteiger partial charge in [-0.05, 0) is 36.6 Å². The summed E-state index contributed by atoms with van der Waals surface area (Å²) in [4.78, 5) is 27.2. The van der Waals surface area contributed by atoms with E-state index in [1.807, 2.05) is 35.0 Å². The summed E-state index contributed by atoms with van der Waals surface area (Å²) < 4.78 is 8.23. The van der Waals surface area contributed by atoms with Gasteiger partial charge in [0.05, 0.1) is 12.0 Å². The summed E-state index contributed by atoms with van der Waals surface area (Å²) in [7, 11) is 1.38. The van der Waals surface area contributed by atoms with E-state index in [1.54, 1.807) is 4.90 Å². The molecule has 1 aromatic carbocycles. The number of aromatic nitrogens is 1. The number of thioether (sulfide) groups is 1. The van der Waals surface area contributed by atoms with Crippen molar-refractivity contribution < 1.29 is 14.3 Å². The minimum atomic E-state index is -0.320. The second-order valence-electron chi connectivity index (χ2n) is 7.72. The van der Waals surface area contributed by atoms with E-state index in [0.29, 0.717) is 21.7 Å². The highest BCUT2D eigenvalue weighted by atomic mass is 79.9. The van der Waals surface area contributed by atoms with Crippen LogP contribution < -0.4 is 0 Å². The van der Waals surface area contributed by atoms with E-state index >= 15 is 0 Å². The molecule has 0 N–H and O–H groups in total. The molecule has 2 aliphatic rings. The predicted molar refractivity (Wildman–Crippen MR) is 128 cm³/mol. The van der Waals surface area contributed by atoms with Crippen molar-refractivity contribution in [3.05, 3.63) is 39.3 Å². The number of halogens is 1. The number of rotatable bonds is 6. The first kappa shape index (κ1) is 21.6. The molecule has 4 rings (SSSR count). The summed E-state index contributed by atoms with van der Waals surface area (Å²) in [5.74, 6) is 0.374. The number of carbonyl (C=O) groups excluding carboxylic acids is 2. The Bertz CT molecular complexity index is 1040. The molecule has 1 saturated heterocycles. The fraction of sp³-hybridized carbons (Fsp3) is 0.409. The SMILES string of the molecule is COC(=O)Cn1cc(/C=C2\SC(=S)N(CCC3CCCC3)C2=O)c2cc(Br)ccc21. The Morgan fingerprint density at radius 3 is 2.87 bits per heavy atom. The lowest BCUT2D eigenvalue weighted by atomic mass is 10.0. The Balaban J connectivity index is 1.60. The van der Waals surface area contributed by atoms with Crippen LogP contribution in [-0.4, -0.2) is 39.3 Å². The molecule has 0 spiro atoms. The van der Waals surface area contributed by atoms with E-state index in [-0.39, 0.29) is 18.4 Å². The van der Waals surface area contributed by atoms with E-state index < -0.39 is 0 Å². The fourth-order valence-electron chi connectivity index (χ4n) is 4.19.